The zero-order valence-electron chi connectivity index (χ0n) is 16.6. The second-order valence-electron chi connectivity index (χ2n) is 6.24. The van der Waals surface area contributed by atoms with Crippen molar-refractivity contribution >= 4 is 11.6 Å². The van der Waals surface area contributed by atoms with Crippen LogP contribution in [0.15, 0.2) is 24.3 Å². The molecule has 19 heteroatoms. The van der Waals surface area contributed by atoms with Gasteiger partial charge in [-0.1, -0.05) is 0 Å². The minimum atomic E-state index is -6.12. The molecule has 0 aliphatic heterocycles. The van der Waals surface area contributed by atoms with Crippen LogP contribution >= 0.6 is 0 Å². The van der Waals surface area contributed by atoms with Crippen molar-refractivity contribution in [1.82, 2.24) is 15.0 Å². The summed E-state index contributed by atoms with van der Waals surface area (Å²) >= 11 is 0. The molecule has 0 saturated carbocycles. The summed E-state index contributed by atoms with van der Waals surface area (Å²) in [6, 6.07) is 1.07. The first-order chi connectivity index (χ1) is 15.8. The number of alkyl halides is 12. The number of rotatable bonds is 7. The molecule has 1 aromatic carbocycles. The van der Waals surface area contributed by atoms with E-state index >= 15 is 0 Å². The van der Waals surface area contributed by atoms with Crippen LogP contribution in [0.3, 0.4) is 0 Å². The first-order valence-corrected chi connectivity index (χ1v) is 8.58. The van der Waals surface area contributed by atoms with Crippen molar-refractivity contribution in [2.24, 2.45) is 0 Å². The average molecular weight is 534 g/mol. The molecule has 1 heterocycles. The molecule has 0 atom stereocenters. The van der Waals surface area contributed by atoms with Gasteiger partial charge in [0.05, 0.1) is 7.11 Å². The molecule has 0 aliphatic carbocycles. The second kappa shape index (κ2) is 9.68. The molecule has 0 saturated heterocycles. The van der Waals surface area contributed by atoms with Crippen molar-refractivity contribution in [2.75, 3.05) is 12.4 Å². The summed E-state index contributed by atoms with van der Waals surface area (Å²) in [6.45, 7) is 0. The first kappa shape index (κ1) is 27.8. The van der Waals surface area contributed by atoms with Crippen LogP contribution < -0.4 is 19.5 Å². The SMILES string of the molecule is COc1ccc(Nc2nc(OC(C(F)(F)F)C(F)(F)F)nc(OC(C(F)(F)F)C(F)(F)F)n2)cc1. The Bertz CT molecular complexity index is 909. The number of methoxy groups -OCH3 is 1. The van der Waals surface area contributed by atoms with Gasteiger partial charge < -0.3 is 19.5 Å². The Morgan fingerprint density at radius 3 is 1.31 bits per heavy atom. The van der Waals surface area contributed by atoms with Gasteiger partial charge in [0, 0.05) is 5.69 Å². The van der Waals surface area contributed by atoms with Crippen LogP contribution in [-0.4, -0.2) is 59.0 Å². The van der Waals surface area contributed by atoms with E-state index in [1.165, 1.54) is 31.4 Å². The Morgan fingerprint density at radius 2 is 1.00 bits per heavy atom. The van der Waals surface area contributed by atoms with Crippen LogP contribution in [0, 0.1) is 0 Å². The maximum Gasteiger partial charge on any atom is 0.434 e. The molecule has 0 amide bonds. The van der Waals surface area contributed by atoms with Crippen LogP contribution in [0.5, 0.6) is 17.8 Å². The Morgan fingerprint density at radius 1 is 0.629 bits per heavy atom. The Kier molecular flexibility index (Phi) is 7.70. The highest BCUT2D eigenvalue weighted by molar-refractivity contribution is 5.54. The number of nitrogens with zero attached hydrogens (tertiary/aromatic N) is 3. The minimum Gasteiger partial charge on any atom is -0.497 e. The second-order valence-corrected chi connectivity index (χ2v) is 6.24. The summed E-state index contributed by atoms with van der Waals surface area (Å²) in [5, 5.41) is 2.13. The normalized spacial score (nSPS) is 13.2. The fraction of sp³-hybridized carbons (Fsp3) is 0.438. The fourth-order valence-electron chi connectivity index (χ4n) is 2.15. The van der Waals surface area contributed by atoms with Crippen molar-refractivity contribution in [3.05, 3.63) is 24.3 Å². The van der Waals surface area contributed by atoms with Gasteiger partial charge in [0.1, 0.15) is 5.75 Å². The van der Waals surface area contributed by atoms with Gasteiger partial charge in [-0.15, -0.1) is 4.98 Å². The Hall–Kier alpha value is -3.41. The quantitative estimate of drug-likeness (QED) is 0.479. The standard InChI is InChI=1S/C16H10F12N4O3/c1-33-7-4-2-6(3-5-7)29-10-30-11(34-8(13(17,18)19)14(20,21)22)32-12(31-10)35-9(15(23,24)25)16(26,27)28/h2-5,8-9H,1H3,(H,29,30,31,32). The highest BCUT2D eigenvalue weighted by Gasteiger charge is 2.61. The number of ether oxygens (including phenoxy) is 3. The highest BCUT2D eigenvalue weighted by Crippen LogP contribution is 2.38. The average Bonchev–Trinajstić information content (AvgIpc) is 2.67. The number of nitrogens with one attached hydrogen (secondary N) is 1. The number of anilines is 2. The van der Waals surface area contributed by atoms with Crippen LogP contribution in [0.2, 0.25) is 0 Å². The van der Waals surface area contributed by atoms with Crippen molar-refractivity contribution in [1.29, 1.82) is 0 Å². The first-order valence-electron chi connectivity index (χ1n) is 8.58. The largest absolute Gasteiger partial charge is 0.497 e. The monoisotopic (exact) mass is 534 g/mol. The van der Waals surface area contributed by atoms with E-state index in [0.717, 1.165) is 0 Å². The van der Waals surface area contributed by atoms with Gasteiger partial charge in [0.15, 0.2) is 0 Å². The van der Waals surface area contributed by atoms with Gasteiger partial charge in [-0.3, -0.25) is 0 Å². The molecule has 0 aliphatic rings. The number of hydrogen-bond donors (Lipinski definition) is 1. The molecule has 2 aromatic rings. The minimum absolute atomic E-state index is 0.0692. The Labute approximate surface area is 186 Å². The van der Waals surface area contributed by atoms with Crippen molar-refractivity contribution in [2.45, 2.75) is 36.9 Å². The highest BCUT2D eigenvalue weighted by atomic mass is 19.4. The predicted molar refractivity (Wildman–Crippen MR) is 89.2 cm³/mol. The van der Waals surface area contributed by atoms with E-state index < -0.39 is 54.9 Å². The Balaban J connectivity index is 2.52. The lowest BCUT2D eigenvalue weighted by atomic mass is 10.3. The maximum absolute atomic E-state index is 12.8. The lowest BCUT2D eigenvalue weighted by Gasteiger charge is -2.24. The van der Waals surface area contributed by atoms with Crippen molar-refractivity contribution in [3.8, 4) is 17.8 Å². The molecular weight excluding hydrogens is 524 g/mol. The summed E-state index contributed by atoms with van der Waals surface area (Å²) in [5.41, 5.74) is -0.0692. The number of halogens is 12. The molecule has 0 spiro atoms. The molecular formula is C16H10F12N4O3. The van der Waals surface area contributed by atoms with E-state index in [2.05, 4.69) is 29.7 Å². The van der Waals surface area contributed by atoms with Gasteiger partial charge in [-0.2, -0.15) is 62.7 Å². The van der Waals surface area contributed by atoms with Crippen molar-refractivity contribution in [3.63, 3.8) is 0 Å². The van der Waals surface area contributed by atoms with Gasteiger partial charge in [0.25, 0.3) is 12.2 Å². The molecule has 196 valence electrons. The fourth-order valence-corrected chi connectivity index (χ4v) is 2.15. The number of benzene rings is 1. The number of hydrogen-bond acceptors (Lipinski definition) is 7. The molecule has 0 bridgehead atoms. The van der Waals surface area contributed by atoms with Crippen LogP contribution in [0.1, 0.15) is 0 Å². The predicted octanol–water partition coefficient (Wildman–Crippen LogP) is 5.37. The molecule has 1 aromatic heterocycles. The van der Waals surface area contributed by atoms with Gasteiger partial charge in [0.2, 0.25) is 5.95 Å². The molecule has 7 nitrogen and oxygen atoms in total. The van der Waals surface area contributed by atoms with Crippen LogP contribution in [0.25, 0.3) is 0 Å². The zero-order valence-corrected chi connectivity index (χ0v) is 16.6. The third-order valence-corrected chi connectivity index (χ3v) is 3.58. The summed E-state index contributed by atoms with van der Waals surface area (Å²) in [6.07, 6.45) is -33.6. The van der Waals surface area contributed by atoms with E-state index in [-0.39, 0.29) is 11.4 Å². The summed E-state index contributed by atoms with van der Waals surface area (Å²) < 4.78 is 165. The smallest absolute Gasteiger partial charge is 0.434 e. The van der Waals surface area contributed by atoms with E-state index in [4.69, 9.17) is 4.74 Å². The van der Waals surface area contributed by atoms with E-state index in [0.29, 0.717) is 0 Å². The lowest BCUT2D eigenvalue weighted by molar-refractivity contribution is -0.302. The molecule has 0 unspecified atom stereocenters. The molecule has 35 heavy (non-hydrogen) atoms. The van der Waals surface area contributed by atoms with Crippen LogP contribution in [0.4, 0.5) is 64.3 Å². The maximum atomic E-state index is 12.8. The molecule has 2 rings (SSSR count). The third kappa shape index (κ3) is 7.81. The molecule has 0 radical (unpaired) electrons. The summed E-state index contributed by atoms with van der Waals surface area (Å²) in [4.78, 5) is 8.69. The third-order valence-electron chi connectivity index (χ3n) is 3.58. The van der Waals surface area contributed by atoms with Gasteiger partial charge in [-0.25, -0.2) is 0 Å². The summed E-state index contributed by atoms with van der Waals surface area (Å²) in [7, 11) is 1.27. The van der Waals surface area contributed by atoms with Crippen molar-refractivity contribution < 1.29 is 66.9 Å². The van der Waals surface area contributed by atoms with E-state index in [9.17, 15) is 52.7 Å². The summed E-state index contributed by atoms with van der Waals surface area (Å²) in [5.74, 6) is -0.836. The van der Waals surface area contributed by atoms with Gasteiger partial charge >= 0.3 is 36.7 Å². The van der Waals surface area contributed by atoms with E-state index in [1.807, 2.05) is 0 Å². The van der Waals surface area contributed by atoms with Crippen LogP contribution in [-0.2, 0) is 0 Å². The molecule has 1 N–H and O–H groups in total. The molecule has 0 fully saturated rings. The number of aromatic nitrogens is 3. The zero-order chi connectivity index (χ0) is 26.8. The van der Waals surface area contributed by atoms with E-state index in [1.54, 1.807) is 0 Å². The van der Waals surface area contributed by atoms with Gasteiger partial charge in [-0.05, 0) is 24.3 Å². The topological polar surface area (TPSA) is 78.4 Å². The lowest BCUT2D eigenvalue weighted by Crippen LogP contribution is -2.47.